The zero-order valence-corrected chi connectivity index (χ0v) is 10.8. The van der Waals surface area contributed by atoms with Gasteiger partial charge in [-0.2, -0.15) is 0 Å². The summed E-state index contributed by atoms with van der Waals surface area (Å²) in [4.78, 5) is 18.2. The van der Waals surface area contributed by atoms with E-state index in [-0.39, 0.29) is 6.10 Å². The molecule has 2 rings (SSSR count). The number of thiazole rings is 1. The third-order valence-electron chi connectivity index (χ3n) is 2.85. The second-order valence-corrected chi connectivity index (χ2v) is 4.96. The van der Waals surface area contributed by atoms with E-state index in [0.717, 1.165) is 36.6 Å². The summed E-state index contributed by atoms with van der Waals surface area (Å²) in [5.41, 5.74) is 0.725. The molecule has 1 saturated heterocycles. The number of ether oxygens (including phenoxy) is 2. The summed E-state index contributed by atoms with van der Waals surface area (Å²) in [6.45, 7) is 2.15. The number of aldehydes is 1. The van der Waals surface area contributed by atoms with Gasteiger partial charge in [0.25, 0.3) is 0 Å². The van der Waals surface area contributed by atoms with Gasteiger partial charge in [0.05, 0.1) is 23.3 Å². The highest BCUT2D eigenvalue weighted by Gasteiger charge is 2.25. The highest BCUT2D eigenvalue weighted by atomic mass is 32.1. The summed E-state index contributed by atoms with van der Waals surface area (Å²) < 4.78 is 10.3. The molecule has 1 aliphatic heterocycles. The van der Waals surface area contributed by atoms with Crippen LogP contribution in [0.2, 0.25) is 0 Å². The van der Waals surface area contributed by atoms with Crippen LogP contribution in [0, 0.1) is 0 Å². The molecule has 17 heavy (non-hydrogen) atoms. The van der Waals surface area contributed by atoms with E-state index in [1.165, 1.54) is 11.3 Å². The van der Waals surface area contributed by atoms with Crippen molar-refractivity contribution in [2.45, 2.75) is 19.1 Å². The number of hydrogen-bond acceptors (Lipinski definition) is 6. The van der Waals surface area contributed by atoms with Gasteiger partial charge in [0.1, 0.15) is 0 Å². The van der Waals surface area contributed by atoms with Gasteiger partial charge in [0.2, 0.25) is 0 Å². The Morgan fingerprint density at radius 3 is 3.00 bits per heavy atom. The number of carbonyl (C=O) groups excluding carboxylic acids is 1. The van der Waals surface area contributed by atoms with Gasteiger partial charge >= 0.3 is 0 Å². The van der Waals surface area contributed by atoms with Gasteiger partial charge in [-0.05, 0) is 6.42 Å². The molecule has 0 radical (unpaired) electrons. The maximum Gasteiger partial charge on any atom is 0.186 e. The smallest absolute Gasteiger partial charge is 0.186 e. The van der Waals surface area contributed by atoms with E-state index in [4.69, 9.17) is 9.47 Å². The molecule has 2 heterocycles. The molecular weight excluding hydrogens is 240 g/mol. The average Bonchev–Trinajstić information content (AvgIpc) is 2.94. The van der Waals surface area contributed by atoms with Crippen LogP contribution in [0.3, 0.4) is 0 Å². The molecule has 1 aromatic rings. The van der Waals surface area contributed by atoms with Crippen LogP contribution < -0.4 is 4.90 Å². The molecule has 0 bridgehead atoms. The van der Waals surface area contributed by atoms with Gasteiger partial charge in [-0.25, -0.2) is 4.98 Å². The third kappa shape index (κ3) is 2.65. The number of hydrogen-bond donors (Lipinski definition) is 0. The molecular formula is C11H16N2O3S. The molecule has 0 aliphatic carbocycles. The molecule has 0 saturated carbocycles. The maximum atomic E-state index is 10.9. The summed E-state index contributed by atoms with van der Waals surface area (Å²) in [6, 6.07) is 0. The first-order valence-electron chi connectivity index (χ1n) is 5.50. The molecule has 1 atom stereocenters. The van der Waals surface area contributed by atoms with Crippen molar-refractivity contribution >= 4 is 22.8 Å². The summed E-state index contributed by atoms with van der Waals surface area (Å²) in [5.74, 6) is 0. The summed E-state index contributed by atoms with van der Waals surface area (Å²) in [5, 5.41) is 0.888. The van der Waals surface area contributed by atoms with Gasteiger partial charge in [0, 0.05) is 27.3 Å². The van der Waals surface area contributed by atoms with Crippen LogP contribution >= 0.6 is 11.3 Å². The number of anilines is 1. The fourth-order valence-electron chi connectivity index (χ4n) is 1.91. The highest BCUT2D eigenvalue weighted by molar-refractivity contribution is 7.17. The zero-order valence-electron chi connectivity index (χ0n) is 10.0. The topological polar surface area (TPSA) is 51.7 Å². The van der Waals surface area contributed by atoms with Crippen molar-refractivity contribution in [3.63, 3.8) is 0 Å². The fraction of sp³-hybridized carbons (Fsp3) is 0.636. The van der Waals surface area contributed by atoms with Crippen molar-refractivity contribution in [2.75, 3.05) is 32.2 Å². The molecule has 1 fully saturated rings. The van der Waals surface area contributed by atoms with Crippen LogP contribution in [0.1, 0.15) is 21.8 Å². The normalized spacial score (nSPS) is 19.9. The summed E-state index contributed by atoms with van der Waals surface area (Å²) in [7, 11) is 3.33. The van der Waals surface area contributed by atoms with Crippen molar-refractivity contribution in [1.82, 2.24) is 4.98 Å². The highest BCUT2D eigenvalue weighted by Crippen LogP contribution is 2.28. The molecule has 6 heteroatoms. The SMILES string of the molecule is COCc1nc(N2CCC(OC)C2)sc1C=O. The zero-order chi connectivity index (χ0) is 12.3. The lowest BCUT2D eigenvalue weighted by molar-refractivity contribution is 0.112. The lowest BCUT2D eigenvalue weighted by atomic mass is 10.3. The average molecular weight is 256 g/mol. The lowest BCUT2D eigenvalue weighted by Gasteiger charge is -2.13. The standard InChI is InChI=1S/C11H16N2O3S/c1-15-7-9-10(6-14)17-11(12-9)13-4-3-8(5-13)16-2/h6,8H,3-5,7H2,1-2H3. The Balaban J connectivity index is 2.13. The molecule has 1 unspecified atom stereocenters. The number of aromatic nitrogens is 1. The quantitative estimate of drug-likeness (QED) is 0.744. The van der Waals surface area contributed by atoms with E-state index in [2.05, 4.69) is 9.88 Å². The Morgan fingerprint density at radius 2 is 2.41 bits per heavy atom. The van der Waals surface area contributed by atoms with Gasteiger partial charge < -0.3 is 14.4 Å². The van der Waals surface area contributed by atoms with Crippen molar-refractivity contribution in [2.24, 2.45) is 0 Å². The number of rotatable bonds is 5. The number of carbonyl (C=O) groups is 1. The minimum absolute atomic E-state index is 0.268. The van der Waals surface area contributed by atoms with Crippen molar-refractivity contribution in [1.29, 1.82) is 0 Å². The lowest BCUT2D eigenvalue weighted by Crippen LogP contribution is -2.21. The van der Waals surface area contributed by atoms with E-state index in [9.17, 15) is 4.79 Å². The Kier molecular flexibility index (Phi) is 4.09. The second-order valence-electron chi connectivity index (χ2n) is 3.95. The van der Waals surface area contributed by atoms with E-state index in [1.807, 2.05) is 0 Å². The molecule has 1 aromatic heterocycles. The van der Waals surface area contributed by atoms with Crippen LogP contribution in [0.25, 0.3) is 0 Å². The number of methoxy groups -OCH3 is 2. The monoisotopic (exact) mass is 256 g/mol. The molecule has 1 aliphatic rings. The van der Waals surface area contributed by atoms with E-state index >= 15 is 0 Å². The van der Waals surface area contributed by atoms with E-state index in [1.54, 1.807) is 14.2 Å². The van der Waals surface area contributed by atoms with Crippen LogP contribution in [0.5, 0.6) is 0 Å². The Labute approximate surface area is 104 Å². The van der Waals surface area contributed by atoms with E-state index < -0.39 is 0 Å². The van der Waals surface area contributed by atoms with Crippen molar-refractivity contribution in [3.05, 3.63) is 10.6 Å². The van der Waals surface area contributed by atoms with Crippen LogP contribution in [0.15, 0.2) is 0 Å². The predicted molar refractivity (Wildman–Crippen MR) is 65.8 cm³/mol. The maximum absolute atomic E-state index is 10.9. The Morgan fingerprint density at radius 1 is 1.59 bits per heavy atom. The number of nitrogens with zero attached hydrogens (tertiary/aromatic N) is 2. The van der Waals surface area contributed by atoms with E-state index in [0.29, 0.717) is 11.5 Å². The second kappa shape index (κ2) is 5.57. The van der Waals surface area contributed by atoms with Gasteiger partial charge in [-0.3, -0.25) is 4.79 Å². The first-order chi connectivity index (χ1) is 8.28. The van der Waals surface area contributed by atoms with Gasteiger partial charge in [-0.15, -0.1) is 0 Å². The minimum Gasteiger partial charge on any atom is -0.380 e. The molecule has 0 spiro atoms. The molecule has 5 nitrogen and oxygen atoms in total. The molecule has 0 N–H and O–H groups in total. The first kappa shape index (κ1) is 12.5. The van der Waals surface area contributed by atoms with Crippen molar-refractivity contribution in [3.8, 4) is 0 Å². The van der Waals surface area contributed by atoms with Crippen LogP contribution in [-0.2, 0) is 16.1 Å². The first-order valence-corrected chi connectivity index (χ1v) is 6.31. The van der Waals surface area contributed by atoms with Crippen molar-refractivity contribution < 1.29 is 14.3 Å². The molecule has 0 amide bonds. The molecule has 0 aromatic carbocycles. The van der Waals surface area contributed by atoms with Gasteiger partial charge in [-0.1, -0.05) is 11.3 Å². The Hall–Kier alpha value is -0.980. The van der Waals surface area contributed by atoms with Crippen LogP contribution in [-0.4, -0.2) is 44.7 Å². The third-order valence-corrected chi connectivity index (χ3v) is 3.94. The minimum atomic E-state index is 0.268. The Bertz CT molecular complexity index is 394. The fourth-order valence-corrected chi connectivity index (χ4v) is 2.83. The molecule has 94 valence electrons. The predicted octanol–water partition coefficient (Wildman–Crippen LogP) is 1.33. The van der Waals surface area contributed by atoms with Crippen LogP contribution in [0.4, 0.5) is 5.13 Å². The van der Waals surface area contributed by atoms with Gasteiger partial charge in [0.15, 0.2) is 11.4 Å². The largest absolute Gasteiger partial charge is 0.380 e. The summed E-state index contributed by atoms with van der Waals surface area (Å²) in [6.07, 6.45) is 2.12. The summed E-state index contributed by atoms with van der Waals surface area (Å²) >= 11 is 1.42.